The van der Waals surface area contributed by atoms with E-state index in [-0.39, 0.29) is 34.0 Å². The summed E-state index contributed by atoms with van der Waals surface area (Å²) in [4.78, 5) is 51.2. The fraction of sp³-hybridized carbons (Fsp3) is 0.267. The third-order valence-electron chi connectivity index (χ3n) is 7.08. The van der Waals surface area contributed by atoms with Crippen molar-refractivity contribution in [2.75, 3.05) is 18.4 Å². The van der Waals surface area contributed by atoms with E-state index >= 15 is 0 Å². The Morgan fingerprint density at radius 1 is 0.902 bits per heavy atom. The van der Waals surface area contributed by atoms with E-state index in [0.717, 1.165) is 5.56 Å². The summed E-state index contributed by atoms with van der Waals surface area (Å²) in [6, 6.07) is 19.6. The molecule has 3 aromatic carbocycles. The van der Waals surface area contributed by atoms with Crippen LogP contribution >= 0.6 is 23.2 Å². The number of hydrogen-bond acceptors (Lipinski definition) is 4. The molecule has 1 fully saturated rings. The van der Waals surface area contributed by atoms with Crippen LogP contribution in [0.5, 0.6) is 0 Å². The van der Waals surface area contributed by atoms with Crippen molar-refractivity contribution in [3.63, 3.8) is 0 Å². The second kappa shape index (κ2) is 13.1. The highest BCUT2D eigenvalue weighted by molar-refractivity contribution is 6.39. The third kappa shape index (κ3) is 7.36. The van der Waals surface area contributed by atoms with Crippen molar-refractivity contribution in [1.29, 1.82) is 0 Å². The Kier molecular flexibility index (Phi) is 9.52. The van der Waals surface area contributed by atoms with Crippen molar-refractivity contribution in [1.82, 2.24) is 15.5 Å². The molecule has 4 rings (SSSR count). The van der Waals surface area contributed by atoms with Crippen LogP contribution in [0.15, 0.2) is 72.8 Å². The van der Waals surface area contributed by atoms with Crippen LogP contribution in [0.1, 0.15) is 41.3 Å². The number of urea groups is 1. The topological polar surface area (TPSA) is 128 Å². The molecule has 3 aromatic rings. The molecule has 11 heteroatoms. The molecule has 0 spiro atoms. The molecule has 1 aliphatic rings. The molecule has 0 saturated carbocycles. The van der Waals surface area contributed by atoms with Gasteiger partial charge in [-0.2, -0.15) is 0 Å². The largest absolute Gasteiger partial charge is 0.480 e. The summed E-state index contributed by atoms with van der Waals surface area (Å²) in [5.41, 5.74) is 1.67. The standard InChI is InChI=1S/C30H30Cl2N4O5/c1-19(37)35-30(21-6-3-2-4-7-21)14-16-36(17-15-30)29(41)33-22-12-10-20(11-13-22)18-25(28(39)40)34-27(38)26-23(31)8-5-9-24(26)32/h2-13,25H,14-18H2,1H3,(H,33,41)(H,34,38)(H,35,37)(H,39,40). The van der Waals surface area contributed by atoms with Gasteiger partial charge in [-0.3, -0.25) is 9.59 Å². The molecule has 1 atom stereocenters. The first-order valence-electron chi connectivity index (χ1n) is 13.0. The minimum absolute atomic E-state index is 0.00815. The van der Waals surface area contributed by atoms with E-state index in [1.165, 1.54) is 19.1 Å². The number of carboxylic acids is 1. The molecule has 214 valence electrons. The number of carbonyl (C=O) groups is 4. The summed E-state index contributed by atoms with van der Waals surface area (Å²) >= 11 is 12.2. The second-order valence-corrected chi connectivity index (χ2v) is 10.7. The number of halogens is 2. The first kappa shape index (κ1) is 29.9. The molecule has 41 heavy (non-hydrogen) atoms. The smallest absolute Gasteiger partial charge is 0.326 e. The minimum Gasteiger partial charge on any atom is -0.480 e. The zero-order valence-corrected chi connectivity index (χ0v) is 23.8. The Morgan fingerprint density at radius 2 is 1.51 bits per heavy atom. The Labute approximate surface area is 247 Å². The molecule has 0 aliphatic carbocycles. The van der Waals surface area contributed by atoms with E-state index in [4.69, 9.17) is 23.2 Å². The van der Waals surface area contributed by atoms with Crippen LogP contribution in [0, 0.1) is 0 Å². The fourth-order valence-corrected chi connectivity index (χ4v) is 5.55. The molecule has 1 saturated heterocycles. The average molecular weight is 597 g/mol. The van der Waals surface area contributed by atoms with Gasteiger partial charge < -0.3 is 26.0 Å². The van der Waals surface area contributed by atoms with Crippen molar-refractivity contribution in [2.45, 2.75) is 37.8 Å². The van der Waals surface area contributed by atoms with Crippen molar-refractivity contribution in [3.8, 4) is 0 Å². The molecule has 1 unspecified atom stereocenters. The number of carboxylic acid groups (broad SMARTS) is 1. The van der Waals surface area contributed by atoms with Crippen LogP contribution in [0.3, 0.4) is 0 Å². The maximum atomic E-state index is 13.0. The molecule has 4 N–H and O–H groups in total. The van der Waals surface area contributed by atoms with Gasteiger partial charge in [0.2, 0.25) is 5.91 Å². The number of nitrogens with one attached hydrogen (secondary N) is 3. The SMILES string of the molecule is CC(=O)NC1(c2ccccc2)CCN(C(=O)Nc2ccc(CC(NC(=O)c3c(Cl)cccc3Cl)C(=O)O)cc2)CC1. The van der Waals surface area contributed by atoms with Gasteiger partial charge in [0, 0.05) is 32.1 Å². The van der Waals surface area contributed by atoms with Gasteiger partial charge in [-0.1, -0.05) is 71.7 Å². The van der Waals surface area contributed by atoms with Gasteiger partial charge in [0.15, 0.2) is 0 Å². The summed E-state index contributed by atoms with van der Waals surface area (Å²) < 4.78 is 0. The molecule has 1 heterocycles. The van der Waals surface area contributed by atoms with E-state index < -0.39 is 23.5 Å². The molecular weight excluding hydrogens is 567 g/mol. The van der Waals surface area contributed by atoms with Crippen molar-refractivity contribution < 1.29 is 24.3 Å². The highest BCUT2D eigenvalue weighted by Gasteiger charge is 2.38. The van der Waals surface area contributed by atoms with Crippen molar-refractivity contribution in [3.05, 3.63) is 99.5 Å². The first-order chi connectivity index (χ1) is 19.6. The Balaban J connectivity index is 1.35. The summed E-state index contributed by atoms with van der Waals surface area (Å²) in [6.07, 6.45) is 1.16. The number of hydrogen-bond donors (Lipinski definition) is 4. The lowest BCUT2D eigenvalue weighted by Crippen LogP contribution is -2.54. The maximum Gasteiger partial charge on any atom is 0.326 e. The van der Waals surface area contributed by atoms with Crippen molar-refractivity contribution in [2.24, 2.45) is 0 Å². The average Bonchev–Trinajstić information content (AvgIpc) is 2.94. The van der Waals surface area contributed by atoms with Crippen molar-refractivity contribution >= 4 is 52.7 Å². The molecule has 4 amide bonds. The molecule has 0 bridgehead atoms. The Morgan fingerprint density at radius 3 is 2.07 bits per heavy atom. The Hall–Kier alpha value is -4.08. The van der Waals surface area contributed by atoms with E-state index in [9.17, 15) is 24.3 Å². The molecule has 0 radical (unpaired) electrons. The quantitative estimate of drug-likeness (QED) is 0.288. The number of piperidine rings is 1. The third-order valence-corrected chi connectivity index (χ3v) is 7.71. The summed E-state index contributed by atoms with van der Waals surface area (Å²) in [5, 5.41) is 18.4. The second-order valence-electron chi connectivity index (χ2n) is 9.91. The molecular formula is C30H30Cl2N4O5. The number of rotatable bonds is 8. The number of amides is 4. The van der Waals surface area contributed by atoms with Crippen LogP contribution in [0.2, 0.25) is 10.0 Å². The fourth-order valence-electron chi connectivity index (χ4n) is 4.98. The number of anilines is 1. The van der Waals surface area contributed by atoms with Gasteiger partial charge in [-0.05, 0) is 48.2 Å². The van der Waals surface area contributed by atoms with E-state index in [2.05, 4.69) is 16.0 Å². The van der Waals surface area contributed by atoms with Gasteiger partial charge in [0.1, 0.15) is 6.04 Å². The molecule has 9 nitrogen and oxygen atoms in total. The molecule has 1 aliphatic heterocycles. The Bertz CT molecular complexity index is 1400. The minimum atomic E-state index is -1.22. The highest BCUT2D eigenvalue weighted by Crippen LogP contribution is 2.33. The van der Waals surface area contributed by atoms with E-state index in [1.54, 1.807) is 35.2 Å². The van der Waals surface area contributed by atoms with Crippen LogP contribution in [-0.4, -0.2) is 53.0 Å². The number of aliphatic carboxylic acids is 1. The number of benzene rings is 3. The summed E-state index contributed by atoms with van der Waals surface area (Å²) in [6.45, 7) is 2.40. The highest BCUT2D eigenvalue weighted by atomic mass is 35.5. The lowest BCUT2D eigenvalue weighted by atomic mass is 9.81. The monoisotopic (exact) mass is 596 g/mol. The summed E-state index contributed by atoms with van der Waals surface area (Å²) in [7, 11) is 0. The van der Waals surface area contributed by atoms with Crippen LogP contribution in [-0.2, 0) is 21.5 Å². The van der Waals surface area contributed by atoms with Gasteiger partial charge in [0.25, 0.3) is 5.91 Å². The number of likely N-dealkylation sites (tertiary alicyclic amines) is 1. The molecule has 0 aromatic heterocycles. The lowest BCUT2D eigenvalue weighted by molar-refractivity contribution is -0.139. The number of nitrogens with zero attached hydrogens (tertiary/aromatic N) is 1. The van der Waals surface area contributed by atoms with Gasteiger partial charge >= 0.3 is 12.0 Å². The van der Waals surface area contributed by atoms with Crippen LogP contribution in [0.25, 0.3) is 0 Å². The lowest BCUT2D eigenvalue weighted by Gasteiger charge is -2.42. The van der Waals surface area contributed by atoms with Crippen LogP contribution < -0.4 is 16.0 Å². The summed E-state index contributed by atoms with van der Waals surface area (Å²) in [5.74, 6) is -2.02. The zero-order valence-electron chi connectivity index (χ0n) is 22.3. The van der Waals surface area contributed by atoms with E-state index in [1.807, 2.05) is 30.3 Å². The number of carbonyl (C=O) groups excluding carboxylic acids is 3. The normalized spacial score (nSPS) is 15.0. The van der Waals surface area contributed by atoms with Gasteiger partial charge in [0.05, 0.1) is 21.1 Å². The van der Waals surface area contributed by atoms with Crippen LogP contribution in [0.4, 0.5) is 10.5 Å². The predicted octanol–water partition coefficient (Wildman–Crippen LogP) is 5.08. The zero-order chi connectivity index (χ0) is 29.6. The van der Waals surface area contributed by atoms with Gasteiger partial charge in [-0.25, -0.2) is 9.59 Å². The predicted molar refractivity (Wildman–Crippen MR) is 157 cm³/mol. The first-order valence-corrected chi connectivity index (χ1v) is 13.8. The van der Waals surface area contributed by atoms with Gasteiger partial charge in [-0.15, -0.1) is 0 Å². The van der Waals surface area contributed by atoms with E-state index in [0.29, 0.717) is 37.2 Å². The maximum absolute atomic E-state index is 13.0.